The van der Waals surface area contributed by atoms with Crippen LogP contribution in [0.1, 0.15) is 67.5 Å². The molecule has 1 spiro atoms. The molecule has 0 aromatic carbocycles. The summed E-state index contributed by atoms with van der Waals surface area (Å²) in [4.78, 5) is 40.3. The number of carbonyl (C=O) groups is 3. The van der Waals surface area contributed by atoms with Crippen molar-refractivity contribution in [2.45, 2.75) is 66.0 Å². The first-order chi connectivity index (χ1) is 14.5. The van der Waals surface area contributed by atoms with Crippen molar-refractivity contribution in [3.05, 3.63) is 47.2 Å². The van der Waals surface area contributed by atoms with Crippen molar-refractivity contribution in [1.82, 2.24) is 14.8 Å². The van der Waals surface area contributed by atoms with Gasteiger partial charge in [-0.15, -0.1) is 0 Å². The van der Waals surface area contributed by atoms with Gasteiger partial charge in [0.15, 0.2) is 5.78 Å². The zero-order valence-corrected chi connectivity index (χ0v) is 18.9. The molecule has 7 heteroatoms. The van der Waals surface area contributed by atoms with Gasteiger partial charge in [-0.1, -0.05) is 20.8 Å². The highest BCUT2D eigenvalue weighted by molar-refractivity contribution is 6.11. The third kappa shape index (κ3) is 3.82. The number of nitrogens with zero attached hydrogens (tertiary/aromatic N) is 2. The molecule has 3 heterocycles. The average molecular weight is 426 g/mol. The standard InChI is InChI=1S/C24H31N3O4/c1-15-10-23(4,5)14-24(11-15)21(29)27(22(30)25-24)13-20(28)19-9-16(2)26(17(19)3)12-18-7-6-8-31-18/h6-9,15H,10-14H2,1-5H3,(H,25,30). The maximum Gasteiger partial charge on any atom is 0.325 e. The number of urea groups is 1. The highest BCUT2D eigenvalue weighted by Crippen LogP contribution is 2.46. The molecule has 2 fully saturated rings. The summed E-state index contributed by atoms with van der Waals surface area (Å²) in [5.74, 6) is 0.618. The zero-order valence-electron chi connectivity index (χ0n) is 18.9. The summed E-state index contributed by atoms with van der Waals surface area (Å²) in [5, 5.41) is 2.94. The topological polar surface area (TPSA) is 84.5 Å². The number of amides is 3. The van der Waals surface area contributed by atoms with Crippen LogP contribution in [0, 0.1) is 25.2 Å². The largest absolute Gasteiger partial charge is 0.467 e. The molecule has 1 N–H and O–H groups in total. The Hall–Kier alpha value is -2.83. The van der Waals surface area contributed by atoms with Crippen molar-refractivity contribution in [3.63, 3.8) is 0 Å². The van der Waals surface area contributed by atoms with Gasteiger partial charge in [0.25, 0.3) is 5.91 Å². The Morgan fingerprint density at radius 1 is 1.26 bits per heavy atom. The molecule has 2 aromatic heterocycles. The van der Waals surface area contributed by atoms with Gasteiger partial charge in [0.2, 0.25) is 0 Å². The number of hydrogen-bond acceptors (Lipinski definition) is 4. The monoisotopic (exact) mass is 425 g/mol. The summed E-state index contributed by atoms with van der Waals surface area (Å²) in [6.07, 6.45) is 3.84. The molecule has 3 amide bonds. The summed E-state index contributed by atoms with van der Waals surface area (Å²) < 4.78 is 7.44. The summed E-state index contributed by atoms with van der Waals surface area (Å²) in [5.41, 5.74) is 1.32. The fraction of sp³-hybridized carbons (Fsp3) is 0.542. The van der Waals surface area contributed by atoms with Crippen molar-refractivity contribution < 1.29 is 18.8 Å². The number of aromatic nitrogens is 1. The van der Waals surface area contributed by atoms with Crippen molar-refractivity contribution in [2.24, 2.45) is 11.3 Å². The fourth-order valence-corrected chi connectivity index (χ4v) is 5.76. The Kier molecular flexibility index (Phi) is 5.10. The minimum atomic E-state index is -0.894. The van der Waals surface area contributed by atoms with Crippen LogP contribution >= 0.6 is 0 Å². The number of hydrogen-bond donors (Lipinski definition) is 1. The summed E-state index contributed by atoms with van der Waals surface area (Å²) in [7, 11) is 0. The van der Waals surface area contributed by atoms with Gasteiger partial charge in [0.05, 0.1) is 19.4 Å². The first-order valence-electron chi connectivity index (χ1n) is 10.9. The van der Waals surface area contributed by atoms with E-state index in [1.165, 1.54) is 0 Å². The van der Waals surface area contributed by atoms with Crippen LogP contribution in [0.25, 0.3) is 0 Å². The SMILES string of the molecule is Cc1cc(C(=O)CN2C(=O)NC3(CC(C)CC(C)(C)C3)C2=O)c(C)n1Cc1ccco1. The second-order valence-electron chi connectivity index (χ2n) is 10.1. The van der Waals surface area contributed by atoms with Gasteiger partial charge in [-0.05, 0) is 62.6 Å². The van der Waals surface area contributed by atoms with E-state index in [4.69, 9.17) is 4.42 Å². The minimum Gasteiger partial charge on any atom is -0.467 e. The van der Waals surface area contributed by atoms with Crippen LogP contribution in [-0.4, -0.2) is 39.3 Å². The maximum absolute atomic E-state index is 13.3. The summed E-state index contributed by atoms with van der Waals surface area (Å²) >= 11 is 0. The van der Waals surface area contributed by atoms with Gasteiger partial charge in [-0.2, -0.15) is 0 Å². The number of nitrogens with one attached hydrogen (secondary N) is 1. The maximum atomic E-state index is 13.3. The normalized spacial score (nSPS) is 25.3. The van der Waals surface area contributed by atoms with Crippen LogP contribution in [0.15, 0.2) is 28.9 Å². The lowest BCUT2D eigenvalue weighted by molar-refractivity contribution is -0.134. The lowest BCUT2D eigenvalue weighted by atomic mass is 9.64. The third-order valence-corrected chi connectivity index (χ3v) is 6.69. The Balaban J connectivity index is 1.54. The van der Waals surface area contributed by atoms with E-state index in [0.717, 1.165) is 28.5 Å². The molecule has 7 nitrogen and oxygen atoms in total. The number of aryl methyl sites for hydroxylation is 1. The van der Waals surface area contributed by atoms with Crippen LogP contribution in [0.3, 0.4) is 0 Å². The Morgan fingerprint density at radius 3 is 2.65 bits per heavy atom. The van der Waals surface area contributed by atoms with Crippen LogP contribution in [0.2, 0.25) is 0 Å². The van der Waals surface area contributed by atoms with E-state index in [2.05, 4.69) is 26.1 Å². The molecule has 2 aliphatic rings. The Morgan fingerprint density at radius 2 is 2.00 bits per heavy atom. The van der Waals surface area contributed by atoms with E-state index < -0.39 is 11.6 Å². The van der Waals surface area contributed by atoms with Crippen molar-refractivity contribution >= 4 is 17.7 Å². The smallest absolute Gasteiger partial charge is 0.325 e. The van der Waals surface area contributed by atoms with Gasteiger partial charge in [0, 0.05) is 17.0 Å². The first kappa shape index (κ1) is 21.4. The van der Waals surface area contributed by atoms with Crippen molar-refractivity contribution in [1.29, 1.82) is 0 Å². The number of Topliss-reactive ketones (excluding diaryl/α,β-unsaturated/α-hetero) is 1. The number of carbonyl (C=O) groups excluding carboxylic acids is 3. The molecule has 2 atom stereocenters. The Labute approximate surface area is 182 Å². The van der Waals surface area contributed by atoms with Gasteiger partial charge in [-0.25, -0.2) is 4.79 Å². The van der Waals surface area contributed by atoms with Crippen molar-refractivity contribution in [3.8, 4) is 0 Å². The van der Waals surface area contributed by atoms with Crippen LogP contribution in [0.5, 0.6) is 0 Å². The molecule has 0 radical (unpaired) electrons. The molecule has 166 valence electrons. The summed E-state index contributed by atoms with van der Waals surface area (Å²) in [6.45, 7) is 10.5. The second-order valence-corrected chi connectivity index (χ2v) is 10.1. The van der Waals surface area contributed by atoms with E-state index in [9.17, 15) is 14.4 Å². The Bertz CT molecular complexity index is 1030. The lowest BCUT2D eigenvalue weighted by Crippen LogP contribution is -2.54. The van der Waals surface area contributed by atoms with E-state index in [-0.39, 0.29) is 23.7 Å². The molecule has 1 saturated carbocycles. The minimum absolute atomic E-state index is 0.0442. The van der Waals surface area contributed by atoms with E-state index in [1.54, 1.807) is 6.26 Å². The fourth-order valence-electron chi connectivity index (χ4n) is 5.76. The highest BCUT2D eigenvalue weighted by atomic mass is 16.3. The summed E-state index contributed by atoms with van der Waals surface area (Å²) in [6, 6.07) is 5.07. The van der Waals surface area contributed by atoms with E-state index in [1.807, 2.05) is 36.6 Å². The highest BCUT2D eigenvalue weighted by Gasteiger charge is 2.56. The predicted octanol–water partition coefficient (Wildman–Crippen LogP) is 4.07. The molecule has 31 heavy (non-hydrogen) atoms. The number of imide groups is 1. The number of ketones is 1. The van der Waals surface area contributed by atoms with E-state index >= 15 is 0 Å². The number of furan rings is 1. The predicted molar refractivity (Wildman–Crippen MR) is 116 cm³/mol. The molecule has 2 unspecified atom stereocenters. The average Bonchev–Trinajstić information content (AvgIpc) is 3.32. The van der Waals surface area contributed by atoms with Crippen LogP contribution in [-0.2, 0) is 11.3 Å². The van der Waals surface area contributed by atoms with Gasteiger partial charge >= 0.3 is 6.03 Å². The molecule has 1 saturated heterocycles. The molecule has 0 bridgehead atoms. The first-order valence-corrected chi connectivity index (χ1v) is 10.9. The molecule has 1 aliphatic heterocycles. The lowest BCUT2D eigenvalue weighted by Gasteiger charge is -2.43. The molecular formula is C24H31N3O4. The molecule has 1 aliphatic carbocycles. The molecular weight excluding hydrogens is 394 g/mol. The van der Waals surface area contributed by atoms with Crippen molar-refractivity contribution in [2.75, 3.05) is 6.54 Å². The van der Waals surface area contributed by atoms with Crippen LogP contribution in [0.4, 0.5) is 4.79 Å². The molecule has 2 aromatic rings. The van der Waals surface area contributed by atoms with E-state index in [0.29, 0.717) is 30.9 Å². The quantitative estimate of drug-likeness (QED) is 0.578. The second kappa shape index (κ2) is 7.39. The van der Waals surface area contributed by atoms with Gasteiger partial charge < -0.3 is 14.3 Å². The van der Waals surface area contributed by atoms with Gasteiger partial charge in [0.1, 0.15) is 11.3 Å². The van der Waals surface area contributed by atoms with Crippen LogP contribution < -0.4 is 5.32 Å². The molecule has 4 rings (SSSR count). The zero-order chi connectivity index (χ0) is 22.6. The number of rotatable bonds is 5. The van der Waals surface area contributed by atoms with Gasteiger partial charge in [-0.3, -0.25) is 14.5 Å². The third-order valence-electron chi connectivity index (χ3n) is 6.69.